The Hall–Kier alpha value is -0.960. The smallest absolute Gasteiger partial charge is 0.144 e. The van der Waals surface area contributed by atoms with Crippen LogP contribution in [0.25, 0.3) is 0 Å². The van der Waals surface area contributed by atoms with Crippen LogP contribution in [0, 0.1) is 11.7 Å². The van der Waals surface area contributed by atoms with Crippen LogP contribution in [-0.2, 0) is 0 Å². The van der Waals surface area contributed by atoms with Gasteiger partial charge in [0.1, 0.15) is 5.82 Å². The molecule has 1 saturated carbocycles. The maximum atomic E-state index is 13.4. The summed E-state index contributed by atoms with van der Waals surface area (Å²) in [5.41, 5.74) is 0.839. The van der Waals surface area contributed by atoms with Gasteiger partial charge in [0.25, 0.3) is 0 Å². The summed E-state index contributed by atoms with van der Waals surface area (Å²) in [7, 11) is 1.94. The third-order valence-electron chi connectivity index (χ3n) is 3.09. The van der Waals surface area contributed by atoms with Crippen LogP contribution in [-0.4, -0.2) is 18.6 Å². The maximum Gasteiger partial charge on any atom is 0.144 e. The summed E-state index contributed by atoms with van der Waals surface area (Å²) in [6, 6.07) is 1.81. The van der Waals surface area contributed by atoms with E-state index in [-0.39, 0.29) is 5.82 Å². The fourth-order valence-corrected chi connectivity index (χ4v) is 2.17. The highest BCUT2D eigenvalue weighted by Gasteiger charge is 2.32. The van der Waals surface area contributed by atoms with E-state index < -0.39 is 0 Å². The van der Waals surface area contributed by atoms with E-state index in [4.69, 9.17) is 0 Å². The predicted molar refractivity (Wildman–Crippen MR) is 53.6 cm³/mol. The Balaban J connectivity index is 2.12. The molecule has 14 heavy (non-hydrogen) atoms. The van der Waals surface area contributed by atoms with Gasteiger partial charge in [-0.3, -0.25) is 4.98 Å². The lowest BCUT2D eigenvalue weighted by atomic mass is 9.70. The fraction of sp³-hybridized carbons (Fsp3) is 0.545. The molecule has 0 saturated heterocycles. The Kier molecular flexibility index (Phi) is 2.77. The third-order valence-corrected chi connectivity index (χ3v) is 3.09. The number of hydrogen-bond acceptors (Lipinski definition) is 2. The van der Waals surface area contributed by atoms with Crippen LogP contribution < -0.4 is 5.32 Å². The second-order valence-corrected chi connectivity index (χ2v) is 3.90. The number of rotatable bonds is 3. The Morgan fingerprint density at radius 1 is 1.57 bits per heavy atom. The second kappa shape index (κ2) is 4.05. The lowest BCUT2D eigenvalue weighted by Gasteiger charge is -2.37. The van der Waals surface area contributed by atoms with Gasteiger partial charge in [-0.05, 0) is 49.9 Å². The van der Waals surface area contributed by atoms with E-state index in [9.17, 15) is 4.39 Å². The average molecular weight is 194 g/mol. The van der Waals surface area contributed by atoms with Crippen LogP contribution in [0.3, 0.4) is 0 Å². The minimum absolute atomic E-state index is 0.154. The van der Waals surface area contributed by atoms with Crippen LogP contribution in [0.4, 0.5) is 4.39 Å². The molecule has 1 heterocycles. The second-order valence-electron chi connectivity index (χ2n) is 3.90. The molecular formula is C11H15FN2. The SMILES string of the molecule is CNCC1CCC1c1ccncc1F. The third kappa shape index (κ3) is 1.64. The molecule has 1 aromatic rings. The molecule has 0 amide bonds. The molecule has 1 fully saturated rings. The van der Waals surface area contributed by atoms with Crippen molar-refractivity contribution in [3.8, 4) is 0 Å². The van der Waals surface area contributed by atoms with E-state index in [0.717, 1.165) is 18.5 Å². The van der Waals surface area contributed by atoms with Crippen LogP contribution in [0.15, 0.2) is 18.5 Å². The van der Waals surface area contributed by atoms with Gasteiger partial charge in [0.15, 0.2) is 0 Å². The maximum absolute atomic E-state index is 13.4. The summed E-state index contributed by atoms with van der Waals surface area (Å²) >= 11 is 0. The molecule has 0 bridgehead atoms. The Morgan fingerprint density at radius 2 is 2.43 bits per heavy atom. The van der Waals surface area contributed by atoms with Crippen LogP contribution in [0.1, 0.15) is 24.3 Å². The van der Waals surface area contributed by atoms with Gasteiger partial charge in [-0.25, -0.2) is 4.39 Å². The standard InChI is InChI=1S/C11H15FN2/c1-13-6-8-2-3-9(8)10-4-5-14-7-11(10)12/h4-5,7-9,13H,2-3,6H2,1H3. The molecule has 2 unspecified atom stereocenters. The van der Waals surface area contributed by atoms with E-state index in [0.29, 0.717) is 11.8 Å². The lowest BCUT2D eigenvalue weighted by Crippen LogP contribution is -2.32. The molecule has 0 aliphatic heterocycles. The monoisotopic (exact) mass is 194 g/mol. The van der Waals surface area contributed by atoms with Gasteiger partial charge < -0.3 is 5.32 Å². The molecule has 1 aliphatic carbocycles. The first-order valence-electron chi connectivity index (χ1n) is 5.07. The molecule has 2 atom stereocenters. The van der Waals surface area contributed by atoms with E-state index >= 15 is 0 Å². The molecule has 1 aromatic heterocycles. The number of hydrogen-bond donors (Lipinski definition) is 1. The largest absolute Gasteiger partial charge is 0.319 e. The minimum Gasteiger partial charge on any atom is -0.319 e. The lowest BCUT2D eigenvalue weighted by molar-refractivity contribution is 0.245. The first-order chi connectivity index (χ1) is 6.83. The van der Waals surface area contributed by atoms with Crippen molar-refractivity contribution in [2.24, 2.45) is 5.92 Å². The fourth-order valence-electron chi connectivity index (χ4n) is 2.17. The van der Waals surface area contributed by atoms with E-state index in [1.807, 2.05) is 13.1 Å². The van der Waals surface area contributed by atoms with Gasteiger partial charge in [-0.1, -0.05) is 0 Å². The summed E-state index contributed by atoms with van der Waals surface area (Å²) in [5.74, 6) is 0.834. The van der Waals surface area contributed by atoms with Gasteiger partial charge in [-0.2, -0.15) is 0 Å². The van der Waals surface area contributed by atoms with Crippen molar-refractivity contribution in [2.75, 3.05) is 13.6 Å². The Labute approximate surface area is 83.6 Å². The molecule has 0 aromatic carbocycles. The molecule has 1 aliphatic rings. The molecule has 2 rings (SSSR count). The number of nitrogens with one attached hydrogen (secondary N) is 1. The number of pyridine rings is 1. The van der Waals surface area contributed by atoms with Crippen molar-refractivity contribution in [3.05, 3.63) is 29.8 Å². The van der Waals surface area contributed by atoms with Crippen molar-refractivity contribution >= 4 is 0 Å². The zero-order chi connectivity index (χ0) is 9.97. The van der Waals surface area contributed by atoms with Crippen molar-refractivity contribution in [3.63, 3.8) is 0 Å². The Bertz CT molecular complexity index is 314. The summed E-state index contributed by atoms with van der Waals surface area (Å²) in [5, 5.41) is 3.15. The summed E-state index contributed by atoms with van der Waals surface area (Å²) in [6.07, 6.45) is 5.29. The molecule has 0 spiro atoms. The van der Waals surface area contributed by atoms with Crippen molar-refractivity contribution < 1.29 is 4.39 Å². The van der Waals surface area contributed by atoms with Crippen LogP contribution in [0.5, 0.6) is 0 Å². The summed E-state index contributed by atoms with van der Waals surface area (Å²) in [6.45, 7) is 0.979. The molecular weight excluding hydrogens is 179 g/mol. The molecule has 0 radical (unpaired) electrons. The Morgan fingerprint density at radius 3 is 3.00 bits per heavy atom. The zero-order valence-electron chi connectivity index (χ0n) is 8.33. The normalized spacial score (nSPS) is 25.9. The van der Waals surface area contributed by atoms with Crippen LogP contribution in [0.2, 0.25) is 0 Å². The molecule has 2 nitrogen and oxygen atoms in total. The quantitative estimate of drug-likeness (QED) is 0.795. The first-order valence-corrected chi connectivity index (χ1v) is 5.07. The highest BCUT2D eigenvalue weighted by Crippen LogP contribution is 2.42. The van der Waals surface area contributed by atoms with Crippen molar-refractivity contribution in [1.82, 2.24) is 10.3 Å². The van der Waals surface area contributed by atoms with Gasteiger partial charge in [0.05, 0.1) is 6.20 Å². The van der Waals surface area contributed by atoms with Gasteiger partial charge >= 0.3 is 0 Å². The van der Waals surface area contributed by atoms with Crippen molar-refractivity contribution in [1.29, 1.82) is 0 Å². The summed E-state index contributed by atoms with van der Waals surface area (Å²) in [4.78, 5) is 3.77. The number of nitrogens with zero attached hydrogens (tertiary/aromatic N) is 1. The van der Waals surface area contributed by atoms with Gasteiger partial charge in [-0.15, -0.1) is 0 Å². The van der Waals surface area contributed by atoms with E-state index in [2.05, 4.69) is 10.3 Å². The summed E-state index contributed by atoms with van der Waals surface area (Å²) < 4.78 is 13.4. The topological polar surface area (TPSA) is 24.9 Å². The predicted octanol–water partition coefficient (Wildman–Crippen LogP) is 1.93. The van der Waals surface area contributed by atoms with E-state index in [1.54, 1.807) is 6.20 Å². The zero-order valence-corrected chi connectivity index (χ0v) is 8.33. The van der Waals surface area contributed by atoms with Gasteiger partial charge in [0, 0.05) is 6.20 Å². The van der Waals surface area contributed by atoms with E-state index in [1.165, 1.54) is 12.6 Å². The number of halogens is 1. The van der Waals surface area contributed by atoms with Crippen LogP contribution >= 0.6 is 0 Å². The minimum atomic E-state index is -0.154. The highest BCUT2D eigenvalue weighted by molar-refractivity contribution is 5.21. The number of aromatic nitrogens is 1. The molecule has 1 N–H and O–H groups in total. The molecule has 76 valence electrons. The van der Waals surface area contributed by atoms with Gasteiger partial charge in [0.2, 0.25) is 0 Å². The first kappa shape index (κ1) is 9.59. The highest BCUT2D eigenvalue weighted by atomic mass is 19.1. The average Bonchev–Trinajstić information content (AvgIpc) is 2.16. The van der Waals surface area contributed by atoms with Crippen molar-refractivity contribution in [2.45, 2.75) is 18.8 Å². The molecule has 3 heteroatoms.